The molecule has 84 valence electrons. The van der Waals surface area contributed by atoms with E-state index in [1.807, 2.05) is 6.08 Å². The Bertz CT molecular complexity index is 167. The Balaban J connectivity index is 4.31. The van der Waals surface area contributed by atoms with E-state index in [0.29, 0.717) is 17.5 Å². The maximum Gasteiger partial charge on any atom is 0.0249 e. The molecule has 14 heavy (non-hydrogen) atoms. The SMILES string of the molecule is C=CC(C)N(CC)C(C)CC(C)(C)C. The Morgan fingerprint density at radius 2 is 1.79 bits per heavy atom. The first kappa shape index (κ1) is 13.7. The Morgan fingerprint density at radius 1 is 1.29 bits per heavy atom. The Labute approximate surface area is 90.2 Å². The molecule has 2 unspecified atom stereocenters. The molecule has 0 aliphatic heterocycles. The summed E-state index contributed by atoms with van der Waals surface area (Å²) in [5.74, 6) is 0. The highest BCUT2D eigenvalue weighted by Gasteiger charge is 2.21. The van der Waals surface area contributed by atoms with Crippen molar-refractivity contribution in [2.45, 2.75) is 60.0 Å². The third kappa shape index (κ3) is 4.80. The molecular weight excluding hydrogens is 170 g/mol. The summed E-state index contributed by atoms with van der Waals surface area (Å²) in [6.45, 7) is 18.6. The maximum atomic E-state index is 3.87. The molecule has 0 aliphatic carbocycles. The van der Waals surface area contributed by atoms with Crippen LogP contribution in [0.1, 0.15) is 48.0 Å². The third-order valence-corrected chi connectivity index (χ3v) is 2.70. The van der Waals surface area contributed by atoms with Gasteiger partial charge in [0.2, 0.25) is 0 Å². The lowest BCUT2D eigenvalue weighted by Gasteiger charge is -2.35. The quantitative estimate of drug-likeness (QED) is 0.607. The zero-order valence-corrected chi connectivity index (χ0v) is 10.8. The van der Waals surface area contributed by atoms with Gasteiger partial charge in [0, 0.05) is 12.1 Å². The molecule has 0 aromatic rings. The van der Waals surface area contributed by atoms with Gasteiger partial charge in [0.15, 0.2) is 0 Å². The van der Waals surface area contributed by atoms with Gasteiger partial charge in [-0.3, -0.25) is 4.90 Å². The number of rotatable bonds is 5. The molecule has 0 spiro atoms. The van der Waals surface area contributed by atoms with Gasteiger partial charge in [-0.1, -0.05) is 33.8 Å². The fourth-order valence-electron chi connectivity index (χ4n) is 2.14. The first-order valence-electron chi connectivity index (χ1n) is 5.70. The van der Waals surface area contributed by atoms with Crippen molar-refractivity contribution in [3.63, 3.8) is 0 Å². The first-order valence-corrected chi connectivity index (χ1v) is 5.70. The highest BCUT2D eigenvalue weighted by molar-refractivity contribution is 4.87. The summed E-state index contributed by atoms with van der Waals surface area (Å²) in [4.78, 5) is 2.50. The van der Waals surface area contributed by atoms with Crippen molar-refractivity contribution in [1.82, 2.24) is 4.90 Å². The van der Waals surface area contributed by atoms with E-state index < -0.39 is 0 Å². The molecule has 2 atom stereocenters. The number of likely N-dealkylation sites (N-methyl/N-ethyl adjacent to an activating group) is 1. The van der Waals surface area contributed by atoms with Crippen LogP contribution in [0, 0.1) is 5.41 Å². The second-order valence-corrected chi connectivity index (χ2v) is 5.42. The van der Waals surface area contributed by atoms with Crippen LogP contribution < -0.4 is 0 Å². The van der Waals surface area contributed by atoms with Crippen molar-refractivity contribution in [2.75, 3.05) is 6.54 Å². The molecule has 1 nitrogen and oxygen atoms in total. The van der Waals surface area contributed by atoms with E-state index in [-0.39, 0.29) is 0 Å². The summed E-state index contributed by atoms with van der Waals surface area (Å²) < 4.78 is 0. The lowest BCUT2D eigenvalue weighted by molar-refractivity contribution is 0.146. The predicted octanol–water partition coefficient (Wildman–Crippen LogP) is 3.71. The van der Waals surface area contributed by atoms with Crippen molar-refractivity contribution >= 4 is 0 Å². The largest absolute Gasteiger partial charge is 0.295 e. The van der Waals surface area contributed by atoms with E-state index in [9.17, 15) is 0 Å². The van der Waals surface area contributed by atoms with Gasteiger partial charge in [-0.2, -0.15) is 0 Å². The van der Waals surface area contributed by atoms with Gasteiger partial charge in [-0.15, -0.1) is 6.58 Å². The molecule has 0 saturated heterocycles. The minimum atomic E-state index is 0.410. The summed E-state index contributed by atoms with van der Waals surface area (Å²) in [5.41, 5.74) is 0.410. The molecule has 0 radical (unpaired) electrons. The van der Waals surface area contributed by atoms with E-state index in [1.54, 1.807) is 0 Å². The highest BCUT2D eigenvalue weighted by atomic mass is 15.2. The van der Waals surface area contributed by atoms with Crippen LogP contribution in [0.25, 0.3) is 0 Å². The van der Waals surface area contributed by atoms with Crippen molar-refractivity contribution in [2.24, 2.45) is 5.41 Å². The highest BCUT2D eigenvalue weighted by Crippen LogP contribution is 2.24. The van der Waals surface area contributed by atoms with Gasteiger partial charge < -0.3 is 0 Å². The molecular formula is C13H27N. The van der Waals surface area contributed by atoms with Crippen LogP contribution in [0.4, 0.5) is 0 Å². The lowest BCUT2D eigenvalue weighted by Crippen LogP contribution is -2.40. The third-order valence-electron chi connectivity index (χ3n) is 2.70. The van der Waals surface area contributed by atoms with Gasteiger partial charge in [-0.25, -0.2) is 0 Å². The number of nitrogens with zero attached hydrogens (tertiary/aromatic N) is 1. The van der Waals surface area contributed by atoms with E-state index in [2.05, 4.69) is 53.0 Å². The topological polar surface area (TPSA) is 3.24 Å². The van der Waals surface area contributed by atoms with E-state index in [0.717, 1.165) is 6.54 Å². The van der Waals surface area contributed by atoms with Crippen LogP contribution in [-0.2, 0) is 0 Å². The molecule has 0 rings (SSSR count). The van der Waals surface area contributed by atoms with Crippen LogP contribution in [0.3, 0.4) is 0 Å². The van der Waals surface area contributed by atoms with Gasteiger partial charge >= 0.3 is 0 Å². The zero-order valence-electron chi connectivity index (χ0n) is 10.8. The van der Waals surface area contributed by atoms with E-state index in [1.165, 1.54) is 6.42 Å². The second-order valence-electron chi connectivity index (χ2n) is 5.42. The molecule has 1 heteroatoms. The minimum absolute atomic E-state index is 0.410. The smallest absolute Gasteiger partial charge is 0.0249 e. The fraction of sp³-hybridized carbons (Fsp3) is 0.846. The summed E-state index contributed by atoms with van der Waals surface area (Å²) in [5, 5.41) is 0. The van der Waals surface area contributed by atoms with Gasteiger partial charge in [0.05, 0.1) is 0 Å². The molecule has 0 saturated carbocycles. The Hall–Kier alpha value is -0.300. The molecule has 0 fully saturated rings. The standard InChI is InChI=1S/C13H27N/c1-8-11(3)14(9-2)12(4)10-13(5,6)7/h8,11-12H,1,9-10H2,2-7H3. The average molecular weight is 197 g/mol. The van der Waals surface area contributed by atoms with Gasteiger partial charge in [0.25, 0.3) is 0 Å². The molecule has 0 bridgehead atoms. The van der Waals surface area contributed by atoms with E-state index in [4.69, 9.17) is 0 Å². The number of hydrogen-bond acceptors (Lipinski definition) is 1. The average Bonchev–Trinajstić information content (AvgIpc) is 2.01. The molecule has 0 aromatic heterocycles. The lowest BCUT2D eigenvalue weighted by atomic mass is 9.88. The maximum absolute atomic E-state index is 3.87. The molecule has 0 heterocycles. The predicted molar refractivity (Wildman–Crippen MR) is 65.6 cm³/mol. The number of hydrogen-bond donors (Lipinski definition) is 0. The zero-order chi connectivity index (χ0) is 11.4. The fourth-order valence-corrected chi connectivity index (χ4v) is 2.14. The molecule has 0 amide bonds. The van der Waals surface area contributed by atoms with Crippen LogP contribution in [-0.4, -0.2) is 23.5 Å². The van der Waals surface area contributed by atoms with Crippen molar-refractivity contribution in [1.29, 1.82) is 0 Å². The molecule has 0 aromatic carbocycles. The van der Waals surface area contributed by atoms with E-state index >= 15 is 0 Å². The van der Waals surface area contributed by atoms with Gasteiger partial charge in [-0.05, 0) is 32.2 Å². The second kappa shape index (κ2) is 5.55. The van der Waals surface area contributed by atoms with Gasteiger partial charge in [0.1, 0.15) is 0 Å². The molecule has 0 N–H and O–H groups in total. The summed E-state index contributed by atoms with van der Waals surface area (Å²) in [6.07, 6.45) is 3.27. The summed E-state index contributed by atoms with van der Waals surface area (Å²) in [7, 11) is 0. The van der Waals surface area contributed by atoms with Crippen LogP contribution in [0.5, 0.6) is 0 Å². The minimum Gasteiger partial charge on any atom is -0.295 e. The first-order chi connectivity index (χ1) is 6.31. The molecule has 0 aliphatic rings. The normalized spacial score (nSPS) is 16.8. The van der Waals surface area contributed by atoms with Crippen molar-refractivity contribution < 1.29 is 0 Å². The summed E-state index contributed by atoms with van der Waals surface area (Å²) >= 11 is 0. The van der Waals surface area contributed by atoms with Crippen LogP contribution in [0.15, 0.2) is 12.7 Å². The van der Waals surface area contributed by atoms with Crippen LogP contribution >= 0.6 is 0 Å². The monoisotopic (exact) mass is 197 g/mol. The Morgan fingerprint density at radius 3 is 2.07 bits per heavy atom. The van der Waals surface area contributed by atoms with Crippen molar-refractivity contribution in [3.05, 3.63) is 12.7 Å². The van der Waals surface area contributed by atoms with Crippen molar-refractivity contribution in [3.8, 4) is 0 Å². The summed E-state index contributed by atoms with van der Waals surface area (Å²) in [6, 6.07) is 1.12. The Kier molecular flexibility index (Phi) is 5.43. The van der Waals surface area contributed by atoms with Crippen LogP contribution in [0.2, 0.25) is 0 Å².